The van der Waals surface area contributed by atoms with Crippen LogP contribution in [0.1, 0.15) is 44.5 Å². The van der Waals surface area contributed by atoms with Crippen molar-refractivity contribution < 1.29 is 9.15 Å². The van der Waals surface area contributed by atoms with Gasteiger partial charge in [0, 0.05) is 65.3 Å². The number of hydrogen-bond acceptors (Lipinski definition) is 14. The molecule has 101 heavy (non-hydrogen) atoms. The fourth-order valence-electron chi connectivity index (χ4n) is 14.8. The summed E-state index contributed by atoms with van der Waals surface area (Å²) in [4.78, 5) is 58.4. The molecule has 13 heterocycles. The van der Waals surface area contributed by atoms with Gasteiger partial charge in [-0.1, -0.05) is 190 Å². The quantitative estimate of drug-likeness (QED) is 0.136. The first-order valence-corrected chi connectivity index (χ1v) is 32.3. The summed E-state index contributed by atoms with van der Waals surface area (Å²) in [6.07, 6.45) is 0. The van der Waals surface area contributed by atoms with Crippen molar-refractivity contribution >= 4 is 101 Å². The summed E-state index contributed by atoms with van der Waals surface area (Å²) in [6, 6.07) is 87.4. The predicted octanol–water partition coefficient (Wildman–Crippen LogP) is 13.4. The largest absolute Gasteiger partial charge is 0.404 e. The molecule has 2 N–H and O–H groups in total. The smallest absolute Gasteiger partial charge is 0.324 e. The monoisotopic (exact) mass is 1290 g/mol. The van der Waals surface area contributed by atoms with Gasteiger partial charge < -0.3 is 9.97 Å². The fourth-order valence-corrected chi connectivity index (χ4v) is 14.8. The lowest BCUT2D eigenvalue weighted by Crippen LogP contribution is -2.71. The molecular weight excluding hydrogens is 1250 g/mol. The van der Waals surface area contributed by atoms with E-state index in [1.54, 1.807) is 48.5 Å². The maximum absolute atomic E-state index is 8.45. The van der Waals surface area contributed by atoms with Gasteiger partial charge in [-0.3, -0.25) is 0 Å². The van der Waals surface area contributed by atoms with E-state index in [0.29, 0.717) is 68.1 Å². The van der Waals surface area contributed by atoms with Crippen LogP contribution in [0.25, 0.3) is 111 Å². The zero-order valence-electron chi connectivity index (χ0n) is 52.6. The Labute approximate surface area is 570 Å². The Bertz CT molecular complexity index is 6360. The van der Waals surface area contributed by atoms with Crippen molar-refractivity contribution in [2.24, 2.45) is 20.0 Å². The molecule has 0 fully saturated rings. The molecule has 0 aliphatic carbocycles. The number of fused-ring (bicyclic) bond motifs is 32. The van der Waals surface area contributed by atoms with Crippen LogP contribution in [0.5, 0.6) is 0 Å². The first-order chi connectivity index (χ1) is 49.9. The summed E-state index contributed by atoms with van der Waals surface area (Å²) in [5.74, 6) is 6.85. The van der Waals surface area contributed by atoms with Gasteiger partial charge in [0.25, 0.3) is 23.3 Å². The first kappa shape index (κ1) is 56.2. The molecule has 20 heteroatoms. The summed E-state index contributed by atoms with van der Waals surface area (Å²) in [5.41, 5.74) is 14.3. The molecule has 0 atom stereocenters. The molecule has 0 saturated carbocycles. The number of hydrogen-bond donors (Lipinski definition) is 2. The Morgan fingerprint density at radius 1 is 0.277 bits per heavy atom. The maximum atomic E-state index is 8.45. The minimum absolute atomic E-state index is 0.435. The van der Waals surface area contributed by atoms with Crippen LogP contribution in [0.15, 0.2) is 263 Å². The molecule has 0 radical (unpaired) electrons. The summed E-state index contributed by atoms with van der Waals surface area (Å²) in [6.45, 7) is 0. The van der Waals surface area contributed by atoms with Crippen molar-refractivity contribution in [2.45, 2.75) is 5.91 Å². The zero-order valence-corrected chi connectivity index (χ0v) is 52.6. The lowest BCUT2D eigenvalue weighted by molar-refractivity contribution is -0.790. The molecule has 464 valence electrons. The van der Waals surface area contributed by atoms with Crippen molar-refractivity contribution in [3.8, 4) is 69.8 Å². The van der Waals surface area contributed by atoms with Gasteiger partial charge in [-0.2, -0.15) is 30.2 Å². The number of nitrogens with zero attached hydrogens (tertiary/aromatic N) is 18. The molecule has 0 amide bonds. The molecule has 8 aliphatic rings. The molecule has 0 saturated heterocycles. The molecule has 20 nitrogen and oxygen atoms in total. The summed E-state index contributed by atoms with van der Waals surface area (Å²) < 4.78 is 9.32. The highest BCUT2D eigenvalue weighted by Gasteiger charge is 2.69. The van der Waals surface area contributed by atoms with Crippen LogP contribution in [0.4, 0.5) is 11.6 Å². The maximum Gasteiger partial charge on any atom is 0.404 e. The summed E-state index contributed by atoms with van der Waals surface area (Å²) in [7, 11) is 0. The average Bonchev–Trinajstić information content (AvgIpc) is 1.47. The van der Waals surface area contributed by atoms with Crippen LogP contribution in [0.2, 0.25) is 0 Å². The lowest BCUT2D eigenvalue weighted by atomic mass is 10.1. The predicted molar refractivity (Wildman–Crippen MR) is 381 cm³/mol. The topological polar surface area (TPSA) is 269 Å². The van der Waals surface area contributed by atoms with Crippen LogP contribution >= 0.6 is 0 Å². The second-order valence-electron chi connectivity index (χ2n) is 24.5. The van der Waals surface area contributed by atoms with Crippen molar-refractivity contribution in [1.29, 1.82) is 21.0 Å². The van der Waals surface area contributed by atoms with E-state index in [0.717, 1.165) is 134 Å². The highest BCUT2D eigenvalue weighted by Crippen LogP contribution is 2.53. The summed E-state index contributed by atoms with van der Waals surface area (Å²) in [5, 5.41) is 41.9. The van der Waals surface area contributed by atoms with E-state index in [-0.39, 0.29) is 0 Å². The van der Waals surface area contributed by atoms with Crippen molar-refractivity contribution in [3.63, 3.8) is 0 Å². The van der Waals surface area contributed by atoms with Gasteiger partial charge in [-0.05, 0) is 72.8 Å². The van der Waals surface area contributed by atoms with Gasteiger partial charge in [-0.15, -0.1) is 9.15 Å². The number of benzene rings is 10. The highest BCUT2D eigenvalue weighted by atomic mass is 15.7. The van der Waals surface area contributed by atoms with Gasteiger partial charge in [-0.25, -0.2) is 29.9 Å². The molecule has 8 aliphatic heterocycles. The number of rotatable bonds is 0. The highest BCUT2D eigenvalue weighted by molar-refractivity contribution is 6.20. The average molecular weight is 1300 g/mol. The Kier molecular flexibility index (Phi) is 11.9. The number of amidine groups is 4. The third kappa shape index (κ3) is 7.95. The molecule has 5 aromatic heterocycles. The van der Waals surface area contributed by atoms with Crippen LogP contribution in [0, 0.1) is 45.3 Å². The minimum atomic E-state index is -0.923. The van der Waals surface area contributed by atoms with E-state index >= 15 is 0 Å². The van der Waals surface area contributed by atoms with Crippen LogP contribution in [-0.4, -0.2) is 81.5 Å². The number of aromatic amines is 2. The number of H-pyrrole nitrogens is 2. The van der Waals surface area contributed by atoms with E-state index < -0.39 is 5.91 Å². The second kappa shape index (κ2) is 21.4. The minimum Gasteiger partial charge on any atom is -0.324 e. The number of nitriles is 4. The van der Waals surface area contributed by atoms with Gasteiger partial charge in [0.05, 0.1) is 44.5 Å². The molecular formula is C81H42N20+2. The number of aliphatic imine (C=N–C) groups is 2. The van der Waals surface area contributed by atoms with E-state index in [9.17, 15) is 0 Å². The van der Waals surface area contributed by atoms with Crippen molar-refractivity contribution in [3.05, 3.63) is 298 Å². The number of aromatic nitrogens is 10. The van der Waals surface area contributed by atoms with Gasteiger partial charge in [0.15, 0.2) is 23.3 Å². The molecule has 15 aromatic rings. The van der Waals surface area contributed by atoms with Crippen molar-refractivity contribution in [1.82, 2.24) is 49.0 Å². The Balaban J connectivity index is 0.000000107. The van der Waals surface area contributed by atoms with Crippen molar-refractivity contribution in [2.75, 3.05) is 0 Å². The summed E-state index contributed by atoms with van der Waals surface area (Å²) >= 11 is 0. The van der Waals surface area contributed by atoms with Crippen LogP contribution < -0.4 is 11.0 Å². The third-order valence-electron chi connectivity index (χ3n) is 19.2. The third-order valence-corrected chi connectivity index (χ3v) is 19.2. The van der Waals surface area contributed by atoms with Gasteiger partial charge in [0.1, 0.15) is 46.9 Å². The standard InChI is InChI=1S/C33H16N8.C32H18N8.2C8H4N2/c1-2-10-18-17(9-1)25-34-27-19-11-3-4-12-20(19)29-36-31-23-15-7-8-16-24(23)32-37-30-22-14-6-5-13-21(22)28-35-26(18)38(25)33(39(27)29,40(28)30)41(31)32;1-2-10-18-17(9-1)25-33-26(18)38-28-21-13-5-6-14-22(21)30(35-28)40-32-24-16-8-7-15-23(24)31(36-32)39-29-20-12-4-3-11-19(20)27(34-29)37-25;2*9-5-7-3-1-2-4-8(7)6-10/h1-16H;1-16H,(H2,33,34,35,36,37,38,39,40);2*1-4H/q+2;;;. The molecule has 23 rings (SSSR count). The Morgan fingerprint density at radius 2 is 0.545 bits per heavy atom. The van der Waals surface area contributed by atoms with Gasteiger partial charge in [0.2, 0.25) is 22.6 Å². The fraction of sp³-hybridized carbons (Fsp3) is 0.0123. The second-order valence-corrected chi connectivity index (χ2v) is 24.5. The Morgan fingerprint density at radius 3 is 0.861 bits per heavy atom. The molecule has 8 bridgehead atoms. The molecule has 0 unspecified atom stereocenters. The lowest BCUT2D eigenvalue weighted by Gasteiger charge is -2.40. The normalized spacial score (nSPS) is 13.8. The SMILES string of the molecule is N#Cc1ccccc1C#N.N#Cc1ccccc1C#N.c1ccc2c(c1)-c1nc-2nc2[nH]c(nc3nc(nc4[nH]c(n1)c1ccccc41)-c1ccccc1-3)c1ccccc21.c1ccc2c(c1)C1=Nc3c4ccccc4c4n3C35n6c(c7ccccc7c6=NC6=[N+]3C(=N4)c3ccccc36)=NC2=[N+]15. The zero-order chi connectivity index (χ0) is 67.2. The number of nitrogens with one attached hydrogen (secondary N) is 2. The first-order valence-electron chi connectivity index (χ1n) is 32.3. The molecule has 10 aromatic carbocycles. The van der Waals surface area contributed by atoms with E-state index in [1.807, 2.05) is 121 Å². The van der Waals surface area contributed by atoms with Gasteiger partial charge >= 0.3 is 5.91 Å². The van der Waals surface area contributed by atoms with E-state index in [2.05, 4.69) is 125 Å². The van der Waals surface area contributed by atoms with E-state index in [4.69, 9.17) is 70.9 Å². The van der Waals surface area contributed by atoms with Crippen LogP contribution in [0.3, 0.4) is 0 Å². The van der Waals surface area contributed by atoms with E-state index in [1.165, 1.54) is 0 Å². The Hall–Kier alpha value is -15.1. The molecule has 1 spiro atoms. The van der Waals surface area contributed by atoms with Crippen LogP contribution in [-0.2, 0) is 5.91 Å².